The van der Waals surface area contributed by atoms with Gasteiger partial charge in [0, 0.05) is 0 Å². The second-order valence-electron chi connectivity index (χ2n) is 3.46. The molecule has 0 N–H and O–H groups in total. The highest BCUT2D eigenvalue weighted by Crippen LogP contribution is 2.26. The molecule has 1 aliphatic carbocycles. The van der Waals surface area contributed by atoms with Crippen LogP contribution in [0.3, 0.4) is 0 Å². The van der Waals surface area contributed by atoms with Gasteiger partial charge in [0.2, 0.25) is 0 Å². The monoisotopic (exact) mass is 193 g/mol. The minimum absolute atomic E-state index is 0.166. The third-order valence-corrected chi connectivity index (χ3v) is 2.42. The van der Waals surface area contributed by atoms with Gasteiger partial charge in [-0.25, -0.2) is 4.79 Å². The number of ether oxygens (including phenoxy) is 1. The highest BCUT2D eigenvalue weighted by molar-refractivity contribution is 5.92. The molecule has 1 rings (SSSR count). The van der Waals surface area contributed by atoms with Gasteiger partial charge in [0.25, 0.3) is 0 Å². The maximum absolute atomic E-state index is 11.2. The second kappa shape index (κ2) is 5.43. The number of rotatable bonds is 3. The number of esters is 1. The molecule has 0 aromatic carbocycles. The third kappa shape index (κ3) is 2.88. The van der Waals surface area contributed by atoms with E-state index in [1.54, 1.807) is 13.0 Å². The summed E-state index contributed by atoms with van der Waals surface area (Å²) in [5, 5.41) is 8.76. The summed E-state index contributed by atoms with van der Waals surface area (Å²) in [6, 6.07) is 1.90. The van der Waals surface area contributed by atoms with Gasteiger partial charge >= 0.3 is 5.97 Å². The Bertz CT molecular complexity index is 270. The van der Waals surface area contributed by atoms with Crippen molar-refractivity contribution in [2.75, 3.05) is 6.61 Å². The highest BCUT2D eigenvalue weighted by atomic mass is 16.5. The Balaban J connectivity index is 2.60. The van der Waals surface area contributed by atoms with E-state index >= 15 is 0 Å². The van der Waals surface area contributed by atoms with Crippen LogP contribution in [-0.4, -0.2) is 12.6 Å². The van der Waals surface area contributed by atoms with Crippen LogP contribution in [-0.2, 0) is 9.53 Å². The smallest absolute Gasteiger partial charge is 0.348 e. The van der Waals surface area contributed by atoms with Gasteiger partial charge < -0.3 is 4.74 Å². The molecule has 1 saturated carbocycles. The summed E-state index contributed by atoms with van der Waals surface area (Å²) >= 11 is 0. The number of nitriles is 1. The zero-order chi connectivity index (χ0) is 10.4. The van der Waals surface area contributed by atoms with Crippen LogP contribution < -0.4 is 0 Å². The quantitative estimate of drug-likeness (QED) is 0.392. The Morgan fingerprint density at radius 3 is 2.71 bits per heavy atom. The highest BCUT2D eigenvalue weighted by Gasteiger charge is 2.17. The minimum Gasteiger partial charge on any atom is -0.462 e. The third-order valence-electron chi connectivity index (χ3n) is 2.42. The van der Waals surface area contributed by atoms with E-state index in [4.69, 9.17) is 10.00 Å². The molecule has 0 aliphatic heterocycles. The second-order valence-corrected chi connectivity index (χ2v) is 3.46. The first-order chi connectivity index (χ1) is 6.77. The summed E-state index contributed by atoms with van der Waals surface area (Å²) in [5.41, 5.74) is 0.166. The molecule has 0 atom stereocenters. The average molecular weight is 193 g/mol. The van der Waals surface area contributed by atoms with Crippen LogP contribution in [0, 0.1) is 17.2 Å². The van der Waals surface area contributed by atoms with Crippen molar-refractivity contribution in [1.29, 1.82) is 5.26 Å². The molecule has 0 radical (unpaired) electrons. The Morgan fingerprint density at radius 1 is 1.57 bits per heavy atom. The van der Waals surface area contributed by atoms with Crippen LogP contribution in [0.25, 0.3) is 0 Å². The Morgan fingerprint density at radius 2 is 2.21 bits per heavy atom. The van der Waals surface area contributed by atoms with Gasteiger partial charge in [0.05, 0.1) is 6.61 Å². The van der Waals surface area contributed by atoms with Gasteiger partial charge in [-0.2, -0.15) is 5.26 Å². The first-order valence-corrected chi connectivity index (χ1v) is 5.07. The van der Waals surface area contributed by atoms with E-state index in [-0.39, 0.29) is 5.57 Å². The number of hydrogen-bond acceptors (Lipinski definition) is 3. The molecule has 0 aromatic rings. The van der Waals surface area contributed by atoms with Crippen molar-refractivity contribution < 1.29 is 9.53 Å². The zero-order valence-electron chi connectivity index (χ0n) is 8.45. The van der Waals surface area contributed by atoms with Crippen molar-refractivity contribution in [1.82, 2.24) is 0 Å². The molecule has 0 amide bonds. The zero-order valence-corrected chi connectivity index (χ0v) is 8.45. The summed E-state index contributed by atoms with van der Waals surface area (Å²) in [6.45, 7) is 2.06. The lowest BCUT2D eigenvalue weighted by atomic mass is 10.0. The lowest BCUT2D eigenvalue weighted by molar-refractivity contribution is -0.138. The minimum atomic E-state index is -0.484. The van der Waals surface area contributed by atoms with Gasteiger partial charge in [0.1, 0.15) is 11.6 Å². The first-order valence-electron chi connectivity index (χ1n) is 5.07. The van der Waals surface area contributed by atoms with E-state index < -0.39 is 5.97 Å². The maximum atomic E-state index is 11.2. The van der Waals surface area contributed by atoms with E-state index in [0.29, 0.717) is 12.5 Å². The molecule has 3 heteroatoms. The average Bonchev–Trinajstić information content (AvgIpc) is 2.66. The van der Waals surface area contributed by atoms with Crippen LogP contribution in [0.15, 0.2) is 11.6 Å². The predicted octanol–water partition coefficient (Wildman–Crippen LogP) is 2.19. The number of carbonyl (C=O) groups excluding carboxylic acids is 1. The standard InChI is InChI=1S/C11H15NO2/c1-2-14-11(13)10(8-12)7-9-5-3-4-6-9/h7,9H,2-6H2,1H3/b10-7+. The summed E-state index contributed by atoms with van der Waals surface area (Å²) < 4.78 is 4.78. The number of carbonyl (C=O) groups is 1. The SMILES string of the molecule is CCOC(=O)/C(C#N)=C/C1CCCC1. The molecule has 1 fully saturated rings. The van der Waals surface area contributed by atoms with Crippen LogP contribution in [0.5, 0.6) is 0 Å². The van der Waals surface area contributed by atoms with E-state index in [2.05, 4.69) is 0 Å². The molecule has 1 aliphatic rings. The van der Waals surface area contributed by atoms with Crippen LogP contribution >= 0.6 is 0 Å². The molecule has 0 spiro atoms. The molecule has 0 aromatic heterocycles. The van der Waals surface area contributed by atoms with Gasteiger partial charge in [-0.1, -0.05) is 18.9 Å². The van der Waals surface area contributed by atoms with E-state index in [9.17, 15) is 4.79 Å². The van der Waals surface area contributed by atoms with Crippen LogP contribution in [0.1, 0.15) is 32.6 Å². The number of nitrogens with zero attached hydrogens (tertiary/aromatic N) is 1. The summed E-state index contributed by atoms with van der Waals surface area (Å²) in [7, 11) is 0. The fraction of sp³-hybridized carbons (Fsp3) is 0.636. The summed E-state index contributed by atoms with van der Waals surface area (Å²) in [6.07, 6.45) is 6.34. The molecule has 76 valence electrons. The van der Waals surface area contributed by atoms with Crippen molar-refractivity contribution in [2.45, 2.75) is 32.6 Å². The predicted molar refractivity (Wildman–Crippen MR) is 52.3 cm³/mol. The lowest BCUT2D eigenvalue weighted by Crippen LogP contribution is -2.07. The fourth-order valence-electron chi connectivity index (χ4n) is 1.72. The molecule has 0 heterocycles. The molecular weight excluding hydrogens is 178 g/mol. The molecular formula is C11H15NO2. The van der Waals surface area contributed by atoms with Gasteiger partial charge in [-0.3, -0.25) is 0 Å². The number of allylic oxidation sites excluding steroid dienone is 1. The van der Waals surface area contributed by atoms with Crippen molar-refractivity contribution in [3.05, 3.63) is 11.6 Å². The van der Waals surface area contributed by atoms with E-state index in [1.807, 2.05) is 6.07 Å². The van der Waals surface area contributed by atoms with Crippen molar-refractivity contribution in [3.63, 3.8) is 0 Å². The first kappa shape index (κ1) is 10.8. The Kier molecular flexibility index (Phi) is 4.18. The van der Waals surface area contributed by atoms with Crippen molar-refractivity contribution in [2.24, 2.45) is 5.92 Å². The van der Waals surface area contributed by atoms with Gasteiger partial charge in [-0.05, 0) is 25.7 Å². The molecule has 0 bridgehead atoms. The van der Waals surface area contributed by atoms with Gasteiger partial charge in [0.15, 0.2) is 0 Å². The molecule has 0 saturated heterocycles. The normalized spacial score (nSPS) is 17.9. The largest absolute Gasteiger partial charge is 0.462 e. The topological polar surface area (TPSA) is 50.1 Å². The molecule has 0 unspecified atom stereocenters. The summed E-state index contributed by atoms with van der Waals surface area (Å²) in [5.74, 6) is -0.0871. The van der Waals surface area contributed by atoms with Crippen LogP contribution in [0.2, 0.25) is 0 Å². The van der Waals surface area contributed by atoms with Crippen LogP contribution in [0.4, 0.5) is 0 Å². The van der Waals surface area contributed by atoms with Gasteiger partial charge in [-0.15, -0.1) is 0 Å². The van der Waals surface area contributed by atoms with Crippen molar-refractivity contribution in [3.8, 4) is 6.07 Å². The fourth-order valence-corrected chi connectivity index (χ4v) is 1.72. The Labute approximate surface area is 84.4 Å². The lowest BCUT2D eigenvalue weighted by Gasteiger charge is -2.03. The van der Waals surface area contributed by atoms with Crippen molar-refractivity contribution >= 4 is 5.97 Å². The molecule has 3 nitrogen and oxygen atoms in total. The maximum Gasteiger partial charge on any atom is 0.348 e. The summed E-state index contributed by atoms with van der Waals surface area (Å²) in [4.78, 5) is 11.2. The van der Waals surface area contributed by atoms with E-state index in [1.165, 1.54) is 12.8 Å². The molecule has 14 heavy (non-hydrogen) atoms. The number of hydrogen-bond donors (Lipinski definition) is 0. The van der Waals surface area contributed by atoms with E-state index in [0.717, 1.165) is 12.8 Å². The Hall–Kier alpha value is -1.30.